The second-order valence-electron chi connectivity index (χ2n) is 6.90. The Kier molecular flexibility index (Phi) is 5.19. The summed E-state index contributed by atoms with van der Waals surface area (Å²) in [5, 5.41) is 5.17. The molecule has 1 saturated carbocycles. The number of alkyl halides is 1. The summed E-state index contributed by atoms with van der Waals surface area (Å²) in [6.07, 6.45) is 2.82. The van der Waals surface area contributed by atoms with Crippen LogP contribution in [0.4, 0.5) is 9.18 Å². The molecule has 25 heavy (non-hydrogen) atoms. The number of amides is 5. The van der Waals surface area contributed by atoms with E-state index in [-0.39, 0.29) is 37.9 Å². The first-order valence-corrected chi connectivity index (χ1v) is 8.75. The highest BCUT2D eigenvalue weighted by molar-refractivity contribution is 6.04. The van der Waals surface area contributed by atoms with Gasteiger partial charge in [0.25, 0.3) is 5.91 Å². The average molecular weight is 354 g/mol. The maximum atomic E-state index is 13.8. The number of hydrogen-bond acceptors (Lipinski definition) is 4. The van der Waals surface area contributed by atoms with Gasteiger partial charge in [-0.2, -0.15) is 0 Å². The molecule has 0 spiro atoms. The number of nitrogens with zero attached hydrogens (tertiary/aromatic N) is 2. The van der Waals surface area contributed by atoms with Gasteiger partial charge in [0.05, 0.1) is 19.1 Å². The molecule has 0 aromatic rings. The summed E-state index contributed by atoms with van der Waals surface area (Å²) in [4.78, 5) is 49.8. The molecule has 3 fully saturated rings. The molecule has 1 aliphatic carbocycles. The van der Waals surface area contributed by atoms with Crippen molar-refractivity contribution in [2.75, 3.05) is 26.2 Å². The highest BCUT2D eigenvalue weighted by atomic mass is 19.1. The zero-order valence-corrected chi connectivity index (χ0v) is 14.0. The zero-order valence-electron chi connectivity index (χ0n) is 14.0. The van der Waals surface area contributed by atoms with Gasteiger partial charge in [-0.25, -0.2) is 9.18 Å². The lowest BCUT2D eigenvalue weighted by atomic mass is 10.1. The first kappa shape index (κ1) is 17.6. The van der Waals surface area contributed by atoms with E-state index in [0.29, 0.717) is 0 Å². The van der Waals surface area contributed by atoms with E-state index in [1.165, 1.54) is 4.90 Å². The van der Waals surface area contributed by atoms with Crippen molar-refractivity contribution in [1.29, 1.82) is 0 Å². The van der Waals surface area contributed by atoms with Crippen LogP contribution >= 0.6 is 0 Å². The molecule has 3 rings (SSSR count). The topological polar surface area (TPSA) is 98.8 Å². The fourth-order valence-corrected chi connectivity index (χ4v) is 3.75. The maximum absolute atomic E-state index is 13.8. The Morgan fingerprint density at radius 2 is 1.96 bits per heavy atom. The van der Waals surface area contributed by atoms with Gasteiger partial charge in [0.1, 0.15) is 12.7 Å². The summed E-state index contributed by atoms with van der Waals surface area (Å²) in [5.41, 5.74) is 0. The number of nitrogens with one attached hydrogen (secondary N) is 2. The molecular formula is C16H23FN4O4. The molecule has 0 aromatic carbocycles. The number of imide groups is 1. The molecule has 5 amide bonds. The second-order valence-corrected chi connectivity index (χ2v) is 6.90. The molecule has 8 nitrogen and oxygen atoms in total. The van der Waals surface area contributed by atoms with Crippen LogP contribution in [0.3, 0.4) is 0 Å². The molecule has 9 heteroatoms. The Morgan fingerprint density at radius 3 is 2.60 bits per heavy atom. The van der Waals surface area contributed by atoms with Crippen LogP contribution in [0.2, 0.25) is 0 Å². The van der Waals surface area contributed by atoms with Gasteiger partial charge in [0.15, 0.2) is 0 Å². The van der Waals surface area contributed by atoms with Gasteiger partial charge < -0.3 is 15.5 Å². The molecule has 2 atom stereocenters. The average Bonchev–Trinajstić information content (AvgIpc) is 3.29. The minimum absolute atomic E-state index is 0.0117. The molecular weight excluding hydrogens is 331 g/mol. The van der Waals surface area contributed by atoms with Crippen LogP contribution in [-0.2, 0) is 14.4 Å². The number of hydrogen-bond donors (Lipinski definition) is 2. The highest BCUT2D eigenvalue weighted by Crippen LogP contribution is 2.25. The van der Waals surface area contributed by atoms with Crippen LogP contribution in [0.5, 0.6) is 0 Å². The molecule has 3 aliphatic rings. The molecule has 0 aromatic heterocycles. The van der Waals surface area contributed by atoms with Crippen LogP contribution < -0.4 is 10.6 Å². The number of carbonyl (C=O) groups is 4. The lowest BCUT2D eigenvalue weighted by molar-refractivity contribution is -0.137. The molecule has 2 unspecified atom stereocenters. The fraction of sp³-hybridized carbons (Fsp3) is 0.750. The number of carbonyl (C=O) groups excluding carboxylic acids is 4. The number of rotatable bonds is 5. The van der Waals surface area contributed by atoms with Gasteiger partial charge in [0, 0.05) is 18.9 Å². The van der Waals surface area contributed by atoms with E-state index in [0.717, 1.165) is 30.6 Å². The minimum atomic E-state index is -1.17. The summed E-state index contributed by atoms with van der Waals surface area (Å²) in [5.74, 6) is -0.981. The molecule has 2 saturated heterocycles. The lowest BCUT2D eigenvalue weighted by Gasteiger charge is -2.26. The molecule has 0 bridgehead atoms. The third-order valence-corrected chi connectivity index (χ3v) is 5.15. The number of urea groups is 1. The van der Waals surface area contributed by atoms with Crippen molar-refractivity contribution in [3.05, 3.63) is 0 Å². The van der Waals surface area contributed by atoms with E-state index in [9.17, 15) is 23.6 Å². The molecule has 0 radical (unpaired) electrons. The van der Waals surface area contributed by atoms with E-state index >= 15 is 0 Å². The second kappa shape index (κ2) is 7.37. The van der Waals surface area contributed by atoms with Crippen molar-refractivity contribution < 1.29 is 23.6 Å². The van der Waals surface area contributed by atoms with E-state index in [4.69, 9.17) is 0 Å². The van der Waals surface area contributed by atoms with Crippen LogP contribution in [0, 0.1) is 5.92 Å². The Balaban J connectivity index is 1.55. The van der Waals surface area contributed by atoms with Gasteiger partial charge in [-0.05, 0) is 12.8 Å². The van der Waals surface area contributed by atoms with E-state index < -0.39 is 36.6 Å². The summed E-state index contributed by atoms with van der Waals surface area (Å²) >= 11 is 0. The zero-order chi connectivity index (χ0) is 18.0. The van der Waals surface area contributed by atoms with Crippen molar-refractivity contribution in [3.63, 3.8) is 0 Å². The number of halogens is 1. The predicted octanol–water partition coefficient (Wildman–Crippen LogP) is -0.216. The first-order valence-electron chi connectivity index (χ1n) is 8.75. The smallest absolute Gasteiger partial charge is 0.325 e. The standard InChI is InChI=1S/C16H23FN4O4/c17-11-5-12(6-18-15(24)10-3-1-2-4-10)20(8-11)14(23)9-21-13(22)7-19-16(21)25/h10-12H,1-9H2,(H,18,24)(H,19,25). The van der Waals surface area contributed by atoms with Gasteiger partial charge in [-0.1, -0.05) is 12.8 Å². The number of likely N-dealkylation sites (tertiary alicyclic amines) is 1. The monoisotopic (exact) mass is 354 g/mol. The van der Waals surface area contributed by atoms with Gasteiger partial charge in [-0.3, -0.25) is 19.3 Å². The Hall–Kier alpha value is -2.19. The molecule has 2 heterocycles. The SMILES string of the molecule is O=C(NCC1CC(F)CN1C(=O)CN1C(=O)CNC1=O)C1CCCC1. The van der Waals surface area contributed by atoms with Crippen LogP contribution in [0.15, 0.2) is 0 Å². The summed E-state index contributed by atoms with van der Waals surface area (Å²) in [6.45, 7) is -0.405. The maximum Gasteiger partial charge on any atom is 0.325 e. The predicted molar refractivity (Wildman–Crippen MR) is 85.1 cm³/mol. The quantitative estimate of drug-likeness (QED) is 0.667. The fourth-order valence-electron chi connectivity index (χ4n) is 3.75. The molecule has 2 aliphatic heterocycles. The van der Waals surface area contributed by atoms with E-state index in [1.807, 2.05) is 0 Å². The Bertz CT molecular complexity index is 562. The third kappa shape index (κ3) is 3.91. The van der Waals surface area contributed by atoms with Crippen molar-refractivity contribution in [3.8, 4) is 0 Å². The van der Waals surface area contributed by atoms with Gasteiger partial charge in [-0.15, -0.1) is 0 Å². The van der Waals surface area contributed by atoms with Gasteiger partial charge in [0.2, 0.25) is 11.8 Å². The van der Waals surface area contributed by atoms with Crippen LogP contribution in [0.25, 0.3) is 0 Å². The summed E-state index contributed by atoms with van der Waals surface area (Å²) in [6, 6.07) is -1.06. The molecule has 2 N–H and O–H groups in total. The Morgan fingerprint density at radius 1 is 1.24 bits per heavy atom. The van der Waals surface area contributed by atoms with E-state index in [1.54, 1.807) is 0 Å². The van der Waals surface area contributed by atoms with Crippen molar-refractivity contribution in [2.45, 2.75) is 44.3 Å². The van der Waals surface area contributed by atoms with Crippen LogP contribution in [0.1, 0.15) is 32.1 Å². The largest absolute Gasteiger partial charge is 0.354 e. The van der Waals surface area contributed by atoms with Gasteiger partial charge >= 0.3 is 6.03 Å². The van der Waals surface area contributed by atoms with E-state index in [2.05, 4.69) is 10.6 Å². The summed E-state index contributed by atoms with van der Waals surface area (Å²) < 4.78 is 13.8. The Labute approximate surface area is 145 Å². The third-order valence-electron chi connectivity index (χ3n) is 5.15. The first-order chi connectivity index (χ1) is 12.0. The van der Waals surface area contributed by atoms with Crippen molar-refractivity contribution in [2.24, 2.45) is 5.92 Å². The van der Waals surface area contributed by atoms with Crippen LogP contribution in [-0.4, -0.2) is 71.9 Å². The lowest BCUT2D eigenvalue weighted by Crippen LogP contribution is -2.48. The highest BCUT2D eigenvalue weighted by Gasteiger charge is 2.38. The minimum Gasteiger partial charge on any atom is -0.354 e. The van der Waals surface area contributed by atoms with Crippen molar-refractivity contribution in [1.82, 2.24) is 20.4 Å². The van der Waals surface area contributed by atoms with Crippen molar-refractivity contribution >= 4 is 23.8 Å². The molecule has 138 valence electrons. The normalized spacial score (nSPS) is 27.1. The summed E-state index contributed by atoms with van der Waals surface area (Å²) in [7, 11) is 0.